The van der Waals surface area contributed by atoms with Gasteiger partial charge in [0.25, 0.3) is 0 Å². The van der Waals surface area contributed by atoms with Crippen molar-refractivity contribution < 1.29 is 9.53 Å². The standard InChI is InChI=1S/C16H16ClNO2/c17-15-8-4-3-7-14(15)11-20-16(19)9-12-5-1-2-6-13(12)10-18/h1-8H,9-11,18H2. The number of esters is 1. The van der Waals surface area contributed by atoms with E-state index in [1.165, 1.54) is 0 Å². The van der Waals surface area contributed by atoms with Gasteiger partial charge in [-0.05, 0) is 17.2 Å². The number of hydrogen-bond acceptors (Lipinski definition) is 3. The van der Waals surface area contributed by atoms with Gasteiger partial charge in [-0.2, -0.15) is 0 Å². The third-order valence-electron chi connectivity index (χ3n) is 3.02. The molecule has 3 nitrogen and oxygen atoms in total. The second kappa shape index (κ2) is 7.08. The Hall–Kier alpha value is -1.84. The SMILES string of the molecule is NCc1ccccc1CC(=O)OCc1ccccc1Cl. The third-order valence-corrected chi connectivity index (χ3v) is 3.39. The molecule has 4 heteroatoms. The summed E-state index contributed by atoms with van der Waals surface area (Å²) in [6, 6.07) is 14.9. The molecule has 2 rings (SSSR count). The zero-order chi connectivity index (χ0) is 14.4. The van der Waals surface area contributed by atoms with E-state index in [9.17, 15) is 4.79 Å². The molecular weight excluding hydrogens is 274 g/mol. The average Bonchev–Trinajstić information content (AvgIpc) is 2.47. The second-order valence-electron chi connectivity index (χ2n) is 4.40. The van der Waals surface area contributed by atoms with E-state index in [1.54, 1.807) is 6.07 Å². The van der Waals surface area contributed by atoms with E-state index in [1.807, 2.05) is 42.5 Å². The molecule has 0 heterocycles. The van der Waals surface area contributed by atoms with Gasteiger partial charge in [-0.15, -0.1) is 0 Å². The Kier molecular flexibility index (Phi) is 5.16. The highest BCUT2D eigenvalue weighted by molar-refractivity contribution is 6.31. The molecule has 0 spiro atoms. The summed E-state index contributed by atoms with van der Waals surface area (Å²) >= 11 is 6.01. The molecule has 0 aliphatic rings. The van der Waals surface area contributed by atoms with Crippen LogP contribution in [0.5, 0.6) is 0 Å². The molecular formula is C16H16ClNO2. The summed E-state index contributed by atoms with van der Waals surface area (Å²) in [6.07, 6.45) is 0.220. The first-order valence-corrected chi connectivity index (χ1v) is 6.74. The summed E-state index contributed by atoms with van der Waals surface area (Å²) in [5.41, 5.74) is 8.30. The lowest BCUT2D eigenvalue weighted by atomic mass is 10.1. The van der Waals surface area contributed by atoms with Crippen molar-refractivity contribution in [2.45, 2.75) is 19.6 Å². The quantitative estimate of drug-likeness (QED) is 0.861. The van der Waals surface area contributed by atoms with Crippen LogP contribution in [0.3, 0.4) is 0 Å². The van der Waals surface area contributed by atoms with Gasteiger partial charge in [0, 0.05) is 17.1 Å². The smallest absolute Gasteiger partial charge is 0.310 e. The fourth-order valence-electron chi connectivity index (χ4n) is 1.91. The highest BCUT2D eigenvalue weighted by Crippen LogP contribution is 2.16. The van der Waals surface area contributed by atoms with Crippen molar-refractivity contribution in [2.75, 3.05) is 0 Å². The van der Waals surface area contributed by atoms with Crippen LogP contribution in [0, 0.1) is 0 Å². The molecule has 0 aromatic heterocycles. The van der Waals surface area contributed by atoms with Crippen molar-refractivity contribution in [1.82, 2.24) is 0 Å². The van der Waals surface area contributed by atoms with Crippen molar-refractivity contribution in [3.63, 3.8) is 0 Å². The molecule has 0 saturated carbocycles. The minimum absolute atomic E-state index is 0.184. The fourth-order valence-corrected chi connectivity index (χ4v) is 2.10. The zero-order valence-electron chi connectivity index (χ0n) is 11.0. The molecule has 0 fully saturated rings. The largest absolute Gasteiger partial charge is 0.461 e. The number of ether oxygens (including phenoxy) is 1. The van der Waals surface area contributed by atoms with Crippen molar-refractivity contribution in [3.05, 3.63) is 70.2 Å². The Bertz CT molecular complexity index is 599. The van der Waals surface area contributed by atoms with Crippen molar-refractivity contribution in [3.8, 4) is 0 Å². The van der Waals surface area contributed by atoms with Crippen LogP contribution in [-0.4, -0.2) is 5.97 Å². The molecule has 2 aromatic carbocycles. The lowest BCUT2D eigenvalue weighted by Crippen LogP contribution is -2.11. The van der Waals surface area contributed by atoms with Gasteiger partial charge in [-0.25, -0.2) is 0 Å². The number of carbonyl (C=O) groups excluding carboxylic acids is 1. The summed E-state index contributed by atoms with van der Waals surface area (Å²) in [4.78, 5) is 11.9. The van der Waals surface area contributed by atoms with Gasteiger partial charge in [0.2, 0.25) is 0 Å². The van der Waals surface area contributed by atoms with Gasteiger partial charge in [-0.1, -0.05) is 54.1 Å². The number of hydrogen-bond donors (Lipinski definition) is 1. The molecule has 0 unspecified atom stereocenters. The third kappa shape index (κ3) is 3.83. The van der Waals surface area contributed by atoms with Gasteiger partial charge in [0.05, 0.1) is 6.42 Å². The summed E-state index contributed by atoms with van der Waals surface area (Å²) in [5.74, 6) is -0.286. The number of carbonyl (C=O) groups is 1. The van der Waals surface area contributed by atoms with E-state index in [4.69, 9.17) is 22.1 Å². The van der Waals surface area contributed by atoms with Crippen LogP contribution >= 0.6 is 11.6 Å². The number of halogens is 1. The van der Waals surface area contributed by atoms with Gasteiger partial charge in [-0.3, -0.25) is 4.79 Å². The van der Waals surface area contributed by atoms with E-state index in [0.717, 1.165) is 16.7 Å². The normalized spacial score (nSPS) is 10.3. The Labute approximate surface area is 123 Å². The van der Waals surface area contributed by atoms with E-state index < -0.39 is 0 Å². The van der Waals surface area contributed by atoms with Crippen LogP contribution in [0.4, 0.5) is 0 Å². The number of nitrogens with two attached hydrogens (primary N) is 1. The molecule has 20 heavy (non-hydrogen) atoms. The molecule has 0 aliphatic carbocycles. The van der Waals surface area contributed by atoms with E-state index in [-0.39, 0.29) is 19.0 Å². The van der Waals surface area contributed by atoms with Crippen LogP contribution < -0.4 is 5.73 Å². The number of benzene rings is 2. The van der Waals surface area contributed by atoms with Crippen LogP contribution in [-0.2, 0) is 29.1 Å². The first-order chi connectivity index (χ1) is 9.70. The van der Waals surface area contributed by atoms with Gasteiger partial charge in [0.1, 0.15) is 6.61 Å². The molecule has 0 aliphatic heterocycles. The van der Waals surface area contributed by atoms with Crippen molar-refractivity contribution >= 4 is 17.6 Å². The van der Waals surface area contributed by atoms with Crippen molar-refractivity contribution in [1.29, 1.82) is 0 Å². The van der Waals surface area contributed by atoms with E-state index >= 15 is 0 Å². The topological polar surface area (TPSA) is 52.3 Å². The maximum absolute atomic E-state index is 11.9. The molecule has 2 N–H and O–H groups in total. The Morgan fingerprint density at radius 2 is 1.60 bits per heavy atom. The highest BCUT2D eigenvalue weighted by Gasteiger charge is 2.09. The molecule has 0 bridgehead atoms. The van der Waals surface area contributed by atoms with Crippen LogP contribution in [0.15, 0.2) is 48.5 Å². The molecule has 0 saturated heterocycles. The minimum atomic E-state index is -0.286. The second-order valence-corrected chi connectivity index (χ2v) is 4.81. The summed E-state index contributed by atoms with van der Waals surface area (Å²) in [7, 11) is 0. The zero-order valence-corrected chi connectivity index (χ0v) is 11.8. The summed E-state index contributed by atoms with van der Waals surface area (Å²) < 4.78 is 5.25. The molecule has 0 radical (unpaired) electrons. The fraction of sp³-hybridized carbons (Fsp3) is 0.188. The maximum Gasteiger partial charge on any atom is 0.310 e. The van der Waals surface area contributed by atoms with E-state index in [0.29, 0.717) is 11.6 Å². The van der Waals surface area contributed by atoms with Gasteiger partial charge < -0.3 is 10.5 Å². The molecule has 2 aromatic rings. The number of rotatable bonds is 5. The minimum Gasteiger partial charge on any atom is -0.461 e. The lowest BCUT2D eigenvalue weighted by molar-refractivity contribution is -0.144. The first-order valence-electron chi connectivity index (χ1n) is 6.36. The Balaban J connectivity index is 1.95. The van der Waals surface area contributed by atoms with Crippen LogP contribution in [0.2, 0.25) is 5.02 Å². The Morgan fingerprint density at radius 3 is 2.25 bits per heavy atom. The highest BCUT2D eigenvalue weighted by atomic mass is 35.5. The lowest BCUT2D eigenvalue weighted by Gasteiger charge is -2.09. The summed E-state index contributed by atoms with van der Waals surface area (Å²) in [5, 5.41) is 0.600. The Morgan fingerprint density at radius 1 is 1.00 bits per heavy atom. The van der Waals surface area contributed by atoms with E-state index in [2.05, 4.69) is 0 Å². The average molecular weight is 290 g/mol. The predicted molar refractivity (Wildman–Crippen MR) is 79.3 cm³/mol. The molecule has 104 valence electrons. The first kappa shape index (κ1) is 14.6. The van der Waals surface area contributed by atoms with Gasteiger partial charge >= 0.3 is 5.97 Å². The van der Waals surface area contributed by atoms with Crippen LogP contribution in [0.25, 0.3) is 0 Å². The van der Waals surface area contributed by atoms with Crippen molar-refractivity contribution in [2.24, 2.45) is 5.73 Å². The summed E-state index contributed by atoms with van der Waals surface area (Å²) in [6.45, 7) is 0.595. The van der Waals surface area contributed by atoms with Crippen LogP contribution in [0.1, 0.15) is 16.7 Å². The van der Waals surface area contributed by atoms with Gasteiger partial charge in [0.15, 0.2) is 0 Å². The molecule has 0 atom stereocenters. The molecule has 0 amide bonds. The maximum atomic E-state index is 11.9. The monoisotopic (exact) mass is 289 g/mol. The predicted octanol–water partition coefficient (Wildman–Crippen LogP) is 3.08.